The molecule has 0 saturated heterocycles. The molecule has 1 atom stereocenters. The predicted molar refractivity (Wildman–Crippen MR) is 87.4 cm³/mol. The molecule has 0 fully saturated rings. The number of rotatable bonds is 6. The number of nitrogens with zero attached hydrogens (tertiary/aromatic N) is 1. The van der Waals surface area contributed by atoms with E-state index in [2.05, 4.69) is 20.8 Å². The molecule has 4 nitrogen and oxygen atoms in total. The van der Waals surface area contributed by atoms with Crippen molar-refractivity contribution in [3.05, 3.63) is 51.9 Å². The average Bonchev–Trinajstić information content (AvgIpc) is 2.87. The standard InChI is InChI=1S/C16H21BrN2O2/c1-11-4-5-13(21-11)10-19(2)16(9-18)14-8-12(20-3)6-7-15(14)17/h4-8,16H,9-10,18H2,1-3H3. The van der Waals surface area contributed by atoms with Crippen LogP contribution in [-0.2, 0) is 6.54 Å². The summed E-state index contributed by atoms with van der Waals surface area (Å²) in [5.41, 5.74) is 7.10. The zero-order valence-electron chi connectivity index (χ0n) is 12.6. The number of hydrogen-bond acceptors (Lipinski definition) is 4. The first kappa shape index (κ1) is 16.1. The van der Waals surface area contributed by atoms with Gasteiger partial charge in [0.1, 0.15) is 17.3 Å². The zero-order valence-corrected chi connectivity index (χ0v) is 14.2. The number of furan rings is 1. The summed E-state index contributed by atoms with van der Waals surface area (Å²) in [7, 11) is 3.71. The second-order valence-corrected chi connectivity index (χ2v) is 5.92. The van der Waals surface area contributed by atoms with Crippen LogP contribution in [0.5, 0.6) is 5.75 Å². The molecule has 2 aromatic rings. The summed E-state index contributed by atoms with van der Waals surface area (Å²) < 4.78 is 12.0. The summed E-state index contributed by atoms with van der Waals surface area (Å²) >= 11 is 3.60. The molecule has 0 saturated carbocycles. The summed E-state index contributed by atoms with van der Waals surface area (Å²) in [5.74, 6) is 2.69. The molecule has 1 heterocycles. The van der Waals surface area contributed by atoms with Gasteiger partial charge in [-0.15, -0.1) is 0 Å². The maximum absolute atomic E-state index is 5.99. The lowest BCUT2D eigenvalue weighted by atomic mass is 10.1. The molecule has 1 aromatic heterocycles. The van der Waals surface area contributed by atoms with E-state index < -0.39 is 0 Å². The van der Waals surface area contributed by atoms with Gasteiger partial charge >= 0.3 is 0 Å². The lowest BCUT2D eigenvalue weighted by molar-refractivity contribution is 0.220. The first-order valence-corrected chi connectivity index (χ1v) is 7.63. The average molecular weight is 353 g/mol. The quantitative estimate of drug-likeness (QED) is 0.864. The third kappa shape index (κ3) is 3.87. The molecular weight excluding hydrogens is 332 g/mol. The molecule has 2 N–H and O–H groups in total. The van der Waals surface area contributed by atoms with Crippen LogP contribution in [0.15, 0.2) is 39.2 Å². The van der Waals surface area contributed by atoms with Crippen molar-refractivity contribution in [2.45, 2.75) is 19.5 Å². The van der Waals surface area contributed by atoms with Gasteiger partial charge in [-0.2, -0.15) is 0 Å². The second-order valence-electron chi connectivity index (χ2n) is 5.07. The fraction of sp³-hybridized carbons (Fsp3) is 0.375. The molecule has 0 aliphatic heterocycles. The van der Waals surface area contributed by atoms with Gasteiger partial charge in [-0.25, -0.2) is 0 Å². The maximum Gasteiger partial charge on any atom is 0.119 e. The van der Waals surface area contributed by atoms with Crippen LogP contribution in [-0.4, -0.2) is 25.6 Å². The van der Waals surface area contributed by atoms with Crippen molar-refractivity contribution >= 4 is 15.9 Å². The van der Waals surface area contributed by atoms with Crippen molar-refractivity contribution in [2.75, 3.05) is 20.7 Å². The smallest absolute Gasteiger partial charge is 0.119 e. The number of ether oxygens (including phenoxy) is 1. The summed E-state index contributed by atoms with van der Waals surface area (Å²) in [6.07, 6.45) is 0. The SMILES string of the molecule is COc1ccc(Br)c(C(CN)N(C)Cc2ccc(C)o2)c1. The highest BCUT2D eigenvalue weighted by molar-refractivity contribution is 9.10. The van der Waals surface area contributed by atoms with Crippen LogP contribution in [0.2, 0.25) is 0 Å². The van der Waals surface area contributed by atoms with Crippen LogP contribution in [0.25, 0.3) is 0 Å². The van der Waals surface area contributed by atoms with Gasteiger partial charge in [0.2, 0.25) is 0 Å². The fourth-order valence-electron chi connectivity index (χ4n) is 2.37. The number of likely N-dealkylation sites (N-methyl/N-ethyl adjacent to an activating group) is 1. The van der Waals surface area contributed by atoms with Crippen molar-refractivity contribution in [1.29, 1.82) is 0 Å². The molecule has 0 aliphatic rings. The monoisotopic (exact) mass is 352 g/mol. The number of nitrogens with two attached hydrogens (primary N) is 1. The van der Waals surface area contributed by atoms with E-state index in [0.717, 1.165) is 27.3 Å². The van der Waals surface area contributed by atoms with E-state index in [1.807, 2.05) is 44.3 Å². The minimum atomic E-state index is 0.0832. The van der Waals surface area contributed by atoms with Gasteiger partial charge in [-0.3, -0.25) is 4.90 Å². The molecule has 5 heteroatoms. The van der Waals surface area contributed by atoms with Gasteiger partial charge in [0.25, 0.3) is 0 Å². The molecular formula is C16H21BrN2O2. The van der Waals surface area contributed by atoms with Gasteiger partial charge in [0.15, 0.2) is 0 Å². The number of benzene rings is 1. The number of methoxy groups -OCH3 is 1. The second kappa shape index (κ2) is 7.11. The Kier molecular flexibility index (Phi) is 5.45. The van der Waals surface area contributed by atoms with E-state index in [-0.39, 0.29) is 6.04 Å². The molecule has 0 radical (unpaired) electrons. The van der Waals surface area contributed by atoms with Crippen LogP contribution in [0.4, 0.5) is 0 Å². The number of aryl methyl sites for hydroxylation is 1. The van der Waals surface area contributed by atoms with Gasteiger partial charge < -0.3 is 14.9 Å². The van der Waals surface area contributed by atoms with Gasteiger partial charge in [-0.1, -0.05) is 15.9 Å². The lowest BCUT2D eigenvalue weighted by Crippen LogP contribution is -2.30. The fourth-order valence-corrected chi connectivity index (χ4v) is 2.89. The third-order valence-corrected chi connectivity index (χ3v) is 4.24. The zero-order chi connectivity index (χ0) is 15.4. The van der Waals surface area contributed by atoms with Crippen LogP contribution >= 0.6 is 15.9 Å². The van der Waals surface area contributed by atoms with Crippen molar-refractivity contribution in [3.63, 3.8) is 0 Å². The first-order chi connectivity index (χ1) is 10.0. The Morgan fingerprint density at radius 3 is 2.67 bits per heavy atom. The van der Waals surface area contributed by atoms with E-state index >= 15 is 0 Å². The summed E-state index contributed by atoms with van der Waals surface area (Å²) in [5, 5.41) is 0. The summed E-state index contributed by atoms with van der Waals surface area (Å²) in [6.45, 7) is 3.17. The maximum atomic E-state index is 5.99. The molecule has 1 unspecified atom stereocenters. The topological polar surface area (TPSA) is 51.6 Å². The molecule has 114 valence electrons. The number of halogens is 1. The van der Waals surface area contributed by atoms with E-state index in [1.54, 1.807) is 7.11 Å². The van der Waals surface area contributed by atoms with Crippen LogP contribution in [0.3, 0.4) is 0 Å². The Balaban J connectivity index is 2.22. The molecule has 0 aliphatic carbocycles. The first-order valence-electron chi connectivity index (χ1n) is 6.84. The van der Waals surface area contributed by atoms with Gasteiger partial charge in [0, 0.05) is 17.1 Å². The highest BCUT2D eigenvalue weighted by Crippen LogP contribution is 2.31. The van der Waals surface area contributed by atoms with Crippen molar-refractivity contribution in [1.82, 2.24) is 4.90 Å². The Labute approximate surface area is 134 Å². The Bertz CT molecular complexity index is 598. The van der Waals surface area contributed by atoms with E-state index in [0.29, 0.717) is 13.1 Å². The summed E-state index contributed by atoms with van der Waals surface area (Å²) in [6, 6.07) is 9.99. The number of hydrogen-bond donors (Lipinski definition) is 1. The Morgan fingerprint density at radius 1 is 1.33 bits per heavy atom. The van der Waals surface area contributed by atoms with Gasteiger partial charge in [-0.05, 0) is 49.9 Å². The van der Waals surface area contributed by atoms with Crippen molar-refractivity contribution < 1.29 is 9.15 Å². The van der Waals surface area contributed by atoms with E-state index in [9.17, 15) is 0 Å². The molecule has 0 bridgehead atoms. The van der Waals surface area contributed by atoms with Crippen LogP contribution in [0.1, 0.15) is 23.1 Å². The normalized spacial score (nSPS) is 12.7. The molecule has 0 amide bonds. The highest BCUT2D eigenvalue weighted by atomic mass is 79.9. The predicted octanol–water partition coefficient (Wildman–Crippen LogP) is 3.49. The van der Waals surface area contributed by atoms with E-state index in [4.69, 9.17) is 14.9 Å². The largest absolute Gasteiger partial charge is 0.497 e. The lowest BCUT2D eigenvalue weighted by Gasteiger charge is -2.27. The van der Waals surface area contributed by atoms with Crippen LogP contribution < -0.4 is 10.5 Å². The molecule has 21 heavy (non-hydrogen) atoms. The van der Waals surface area contributed by atoms with Crippen molar-refractivity contribution in [2.24, 2.45) is 5.73 Å². The highest BCUT2D eigenvalue weighted by Gasteiger charge is 2.20. The minimum absolute atomic E-state index is 0.0832. The van der Waals surface area contributed by atoms with Gasteiger partial charge in [0.05, 0.1) is 13.7 Å². The molecule has 0 spiro atoms. The molecule has 1 aromatic carbocycles. The summed E-state index contributed by atoms with van der Waals surface area (Å²) in [4.78, 5) is 2.18. The Hall–Kier alpha value is -1.30. The minimum Gasteiger partial charge on any atom is -0.497 e. The van der Waals surface area contributed by atoms with E-state index in [1.165, 1.54) is 0 Å². The third-order valence-electron chi connectivity index (χ3n) is 3.52. The molecule has 2 rings (SSSR count). The Morgan fingerprint density at radius 2 is 2.10 bits per heavy atom. The van der Waals surface area contributed by atoms with Crippen LogP contribution in [0, 0.1) is 6.92 Å². The van der Waals surface area contributed by atoms with Crippen molar-refractivity contribution in [3.8, 4) is 5.75 Å².